The lowest BCUT2D eigenvalue weighted by Gasteiger charge is -2.23. The van der Waals surface area contributed by atoms with Gasteiger partial charge in [0.15, 0.2) is 0 Å². The first-order valence-electron chi connectivity index (χ1n) is 6.65. The first-order chi connectivity index (χ1) is 9.83. The number of benzene rings is 1. The van der Waals surface area contributed by atoms with E-state index in [1.165, 1.54) is 6.20 Å². The number of hydrogen-bond acceptors (Lipinski definition) is 5. The Hall–Kier alpha value is -1.76. The summed E-state index contributed by atoms with van der Waals surface area (Å²) in [7, 11) is 0. The third-order valence-electron chi connectivity index (χ3n) is 3.18. The van der Waals surface area contributed by atoms with Crippen LogP contribution in [-0.2, 0) is 4.74 Å². The van der Waals surface area contributed by atoms with Crippen LogP contribution in [0.15, 0.2) is 30.5 Å². The van der Waals surface area contributed by atoms with Gasteiger partial charge in [-0.25, -0.2) is 4.98 Å². The number of hydrogen-bond donors (Lipinski definition) is 2. The molecule has 2 heterocycles. The molecule has 0 aliphatic carbocycles. The van der Waals surface area contributed by atoms with Crippen molar-refractivity contribution in [3.05, 3.63) is 36.2 Å². The zero-order valence-corrected chi connectivity index (χ0v) is 12.2. The van der Waals surface area contributed by atoms with Gasteiger partial charge in [0.25, 0.3) is 5.91 Å². The lowest BCUT2D eigenvalue weighted by molar-refractivity contribution is 0.0286. The molecule has 2 aromatic rings. The van der Waals surface area contributed by atoms with Crippen LogP contribution in [-0.4, -0.2) is 48.2 Å². The predicted molar refractivity (Wildman–Crippen MR) is 81.7 cm³/mol. The van der Waals surface area contributed by atoms with Crippen LogP contribution in [0.25, 0.3) is 11.0 Å². The molecule has 6 nitrogen and oxygen atoms in total. The van der Waals surface area contributed by atoms with E-state index in [1.807, 2.05) is 24.3 Å². The lowest BCUT2D eigenvalue weighted by atomic mass is 10.2. The first-order valence-corrected chi connectivity index (χ1v) is 6.65. The van der Waals surface area contributed by atoms with E-state index < -0.39 is 0 Å². The number of halogens is 1. The number of nitrogens with one attached hydrogen (secondary N) is 2. The SMILES string of the molecule is Cl.O=C(NCC1CNCCO1)c1cnc2ccccc2n1. The Morgan fingerprint density at radius 2 is 2.19 bits per heavy atom. The minimum atomic E-state index is -0.225. The fourth-order valence-electron chi connectivity index (χ4n) is 2.11. The highest BCUT2D eigenvalue weighted by atomic mass is 35.5. The fraction of sp³-hybridized carbons (Fsp3) is 0.357. The van der Waals surface area contributed by atoms with E-state index in [0.717, 1.165) is 24.1 Å². The van der Waals surface area contributed by atoms with Crippen molar-refractivity contribution in [1.82, 2.24) is 20.6 Å². The van der Waals surface area contributed by atoms with Crippen molar-refractivity contribution in [2.45, 2.75) is 6.10 Å². The molecule has 7 heteroatoms. The summed E-state index contributed by atoms with van der Waals surface area (Å²) in [5.41, 5.74) is 1.83. The van der Waals surface area contributed by atoms with Crippen molar-refractivity contribution in [2.24, 2.45) is 0 Å². The van der Waals surface area contributed by atoms with Crippen molar-refractivity contribution in [1.29, 1.82) is 0 Å². The molecule has 1 fully saturated rings. The minimum Gasteiger partial charge on any atom is -0.374 e. The summed E-state index contributed by atoms with van der Waals surface area (Å²) in [6.07, 6.45) is 1.51. The number of morpholine rings is 1. The molecular weight excluding hydrogens is 292 g/mol. The minimum absolute atomic E-state index is 0. The monoisotopic (exact) mass is 308 g/mol. The van der Waals surface area contributed by atoms with Crippen molar-refractivity contribution in [2.75, 3.05) is 26.2 Å². The van der Waals surface area contributed by atoms with Gasteiger partial charge in [-0.3, -0.25) is 9.78 Å². The predicted octanol–water partition coefficient (Wildman–Crippen LogP) is 0.770. The Kier molecular flexibility index (Phi) is 5.44. The van der Waals surface area contributed by atoms with E-state index in [0.29, 0.717) is 18.8 Å². The number of rotatable bonds is 3. The molecule has 0 radical (unpaired) electrons. The number of ether oxygens (including phenoxy) is 1. The summed E-state index contributed by atoms with van der Waals surface area (Å²) in [6.45, 7) is 2.76. The van der Waals surface area contributed by atoms with Gasteiger partial charge in [0.1, 0.15) is 5.69 Å². The van der Waals surface area contributed by atoms with Crippen LogP contribution >= 0.6 is 12.4 Å². The number of nitrogens with zero attached hydrogens (tertiary/aromatic N) is 2. The third kappa shape index (κ3) is 3.87. The van der Waals surface area contributed by atoms with E-state index in [4.69, 9.17) is 4.74 Å². The first kappa shape index (κ1) is 15.6. The van der Waals surface area contributed by atoms with Gasteiger partial charge >= 0.3 is 0 Å². The highest BCUT2D eigenvalue weighted by molar-refractivity contribution is 5.93. The topological polar surface area (TPSA) is 76.1 Å². The number of carbonyl (C=O) groups excluding carboxylic acids is 1. The van der Waals surface area contributed by atoms with Gasteiger partial charge in [-0.2, -0.15) is 0 Å². The van der Waals surface area contributed by atoms with E-state index >= 15 is 0 Å². The summed E-state index contributed by atoms with van der Waals surface area (Å²) < 4.78 is 5.52. The normalized spacial score (nSPS) is 18.0. The Morgan fingerprint density at radius 1 is 1.38 bits per heavy atom. The van der Waals surface area contributed by atoms with Gasteiger partial charge in [0.2, 0.25) is 0 Å². The largest absolute Gasteiger partial charge is 0.374 e. The van der Waals surface area contributed by atoms with E-state index in [-0.39, 0.29) is 24.4 Å². The third-order valence-corrected chi connectivity index (χ3v) is 3.18. The number of para-hydroxylation sites is 2. The maximum absolute atomic E-state index is 12.0. The Morgan fingerprint density at radius 3 is 2.95 bits per heavy atom. The van der Waals surface area contributed by atoms with E-state index in [1.54, 1.807) is 0 Å². The maximum atomic E-state index is 12.0. The number of fused-ring (bicyclic) bond motifs is 1. The average molecular weight is 309 g/mol. The van der Waals surface area contributed by atoms with E-state index in [9.17, 15) is 4.79 Å². The molecule has 1 amide bonds. The molecular formula is C14H17ClN4O2. The number of amides is 1. The quantitative estimate of drug-likeness (QED) is 0.876. The van der Waals surface area contributed by atoms with Crippen molar-refractivity contribution in [3.63, 3.8) is 0 Å². The van der Waals surface area contributed by atoms with Crippen molar-refractivity contribution < 1.29 is 9.53 Å². The summed E-state index contributed by atoms with van der Waals surface area (Å²) in [6, 6.07) is 7.48. The summed E-state index contributed by atoms with van der Waals surface area (Å²) in [4.78, 5) is 20.6. The van der Waals surface area contributed by atoms with Crippen LogP contribution in [0.3, 0.4) is 0 Å². The van der Waals surface area contributed by atoms with Gasteiger partial charge < -0.3 is 15.4 Å². The molecule has 112 valence electrons. The molecule has 1 aromatic carbocycles. The van der Waals surface area contributed by atoms with Crippen LogP contribution in [0.2, 0.25) is 0 Å². The molecule has 0 spiro atoms. The Bertz CT molecular complexity index is 617. The molecule has 1 unspecified atom stereocenters. The van der Waals surface area contributed by atoms with Crippen LogP contribution < -0.4 is 10.6 Å². The highest BCUT2D eigenvalue weighted by Crippen LogP contribution is 2.08. The molecule has 21 heavy (non-hydrogen) atoms. The van der Waals surface area contributed by atoms with Crippen LogP contribution in [0.1, 0.15) is 10.5 Å². The van der Waals surface area contributed by atoms with Gasteiger partial charge in [-0.1, -0.05) is 12.1 Å². The highest BCUT2D eigenvalue weighted by Gasteiger charge is 2.15. The van der Waals surface area contributed by atoms with Gasteiger partial charge in [-0.05, 0) is 12.1 Å². The molecule has 0 saturated carbocycles. The van der Waals surface area contributed by atoms with Crippen molar-refractivity contribution in [3.8, 4) is 0 Å². The molecule has 1 saturated heterocycles. The van der Waals surface area contributed by atoms with Crippen LogP contribution in [0.5, 0.6) is 0 Å². The molecule has 0 bridgehead atoms. The van der Waals surface area contributed by atoms with Gasteiger partial charge in [0.05, 0.1) is 29.9 Å². The van der Waals surface area contributed by atoms with Crippen LogP contribution in [0.4, 0.5) is 0 Å². The molecule has 1 aliphatic rings. The number of aromatic nitrogens is 2. The summed E-state index contributed by atoms with van der Waals surface area (Å²) >= 11 is 0. The molecule has 1 aliphatic heterocycles. The number of carbonyl (C=O) groups is 1. The molecule has 3 rings (SSSR count). The van der Waals surface area contributed by atoms with E-state index in [2.05, 4.69) is 20.6 Å². The summed E-state index contributed by atoms with van der Waals surface area (Å²) in [5.74, 6) is -0.225. The lowest BCUT2D eigenvalue weighted by Crippen LogP contribution is -2.45. The van der Waals surface area contributed by atoms with Crippen LogP contribution in [0, 0.1) is 0 Å². The second-order valence-corrected chi connectivity index (χ2v) is 4.65. The molecule has 1 atom stereocenters. The van der Waals surface area contributed by atoms with Crippen molar-refractivity contribution >= 4 is 29.3 Å². The Labute approximate surface area is 128 Å². The van der Waals surface area contributed by atoms with Gasteiger partial charge in [-0.15, -0.1) is 12.4 Å². The zero-order chi connectivity index (χ0) is 13.8. The maximum Gasteiger partial charge on any atom is 0.271 e. The summed E-state index contributed by atoms with van der Waals surface area (Å²) in [5, 5.41) is 6.05. The molecule has 2 N–H and O–H groups in total. The average Bonchev–Trinajstić information content (AvgIpc) is 2.53. The smallest absolute Gasteiger partial charge is 0.271 e. The van der Waals surface area contributed by atoms with Gasteiger partial charge in [0, 0.05) is 19.6 Å². The second kappa shape index (κ2) is 7.31. The fourth-order valence-corrected chi connectivity index (χ4v) is 2.11. The standard InChI is InChI=1S/C14H16N4O2.ClH/c19-14(17-8-10-7-15-5-6-20-10)13-9-16-11-3-1-2-4-12(11)18-13;/h1-4,9-10,15H,5-8H2,(H,17,19);1H. The zero-order valence-electron chi connectivity index (χ0n) is 11.4. The second-order valence-electron chi connectivity index (χ2n) is 4.65. The Balaban J connectivity index is 0.00000161. The molecule has 1 aromatic heterocycles.